The SMILES string of the molecule is CCCCCCCC/C=C\CCCCCCCCCC(=O)OCC(O)COP(=O)(O)OCC(NC(=O)CCCCCCCCCCCCCCCCCCCCC)C(=O)O. The highest BCUT2D eigenvalue weighted by Gasteiger charge is 2.28. The Kier molecular flexibility index (Phi) is 42.6. The van der Waals surface area contributed by atoms with Crippen molar-refractivity contribution in [2.45, 2.75) is 257 Å². The summed E-state index contributed by atoms with van der Waals surface area (Å²) in [4.78, 5) is 46.0. The predicted molar refractivity (Wildman–Crippen MR) is 245 cm³/mol. The number of unbranched alkanes of at least 4 members (excludes halogenated alkanes) is 31. The first kappa shape index (κ1) is 58.2. The van der Waals surface area contributed by atoms with E-state index in [1.165, 1.54) is 161 Å². The van der Waals surface area contributed by atoms with Crippen LogP contribution in [-0.4, -0.2) is 64.9 Å². The van der Waals surface area contributed by atoms with Crippen LogP contribution in [0.25, 0.3) is 0 Å². The van der Waals surface area contributed by atoms with Gasteiger partial charge in [0, 0.05) is 12.8 Å². The fraction of sp³-hybridized carbons (Fsp3) is 0.896. The number of aliphatic carboxylic acids is 1. The number of aliphatic hydroxyl groups is 1. The van der Waals surface area contributed by atoms with E-state index in [4.69, 9.17) is 13.8 Å². The van der Waals surface area contributed by atoms with Crippen molar-refractivity contribution in [3.05, 3.63) is 12.2 Å². The van der Waals surface area contributed by atoms with E-state index in [1.54, 1.807) is 0 Å². The average molecular weight is 874 g/mol. The molecule has 0 fully saturated rings. The summed E-state index contributed by atoms with van der Waals surface area (Å²) in [5.74, 6) is -2.36. The van der Waals surface area contributed by atoms with Gasteiger partial charge in [0.05, 0.1) is 13.2 Å². The number of rotatable bonds is 47. The average Bonchev–Trinajstić information content (AvgIpc) is 3.22. The van der Waals surface area contributed by atoms with Crippen molar-refractivity contribution in [1.82, 2.24) is 5.32 Å². The summed E-state index contributed by atoms with van der Waals surface area (Å²) in [6.07, 6.45) is 45.1. The Morgan fingerprint density at radius 3 is 1.27 bits per heavy atom. The van der Waals surface area contributed by atoms with Crippen LogP contribution in [0, 0.1) is 0 Å². The zero-order valence-corrected chi connectivity index (χ0v) is 39.4. The van der Waals surface area contributed by atoms with E-state index in [0.29, 0.717) is 12.8 Å². The summed E-state index contributed by atoms with van der Waals surface area (Å²) in [5.41, 5.74) is 0. The van der Waals surface area contributed by atoms with Crippen LogP contribution in [0.15, 0.2) is 12.2 Å². The molecule has 3 atom stereocenters. The van der Waals surface area contributed by atoms with Crippen LogP contribution in [0.1, 0.15) is 245 Å². The van der Waals surface area contributed by atoms with E-state index in [1.807, 2.05) is 0 Å². The molecule has 1 amide bonds. The van der Waals surface area contributed by atoms with Gasteiger partial charge < -0.3 is 25.2 Å². The van der Waals surface area contributed by atoms with E-state index in [2.05, 4.69) is 31.3 Å². The zero-order valence-electron chi connectivity index (χ0n) is 38.5. The highest BCUT2D eigenvalue weighted by atomic mass is 31.2. The molecule has 0 aliphatic rings. The Morgan fingerprint density at radius 2 is 0.867 bits per heavy atom. The maximum absolute atomic E-state index is 12.3. The molecule has 0 aromatic carbocycles. The Bertz CT molecular complexity index is 1070. The van der Waals surface area contributed by atoms with Crippen LogP contribution in [0.2, 0.25) is 0 Å². The number of carboxylic acid groups (broad SMARTS) is 1. The third-order valence-corrected chi connectivity index (χ3v) is 12.0. The first-order valence-corrected chi connectivity index (χ1v) is 26.2. The van der Waals surface area contributed by atoms with E-state index in [-0.39, 0.29) is 12.8 Å². The highest BCUT2D eigenvalue weighted by molar-refractivity contribution is 7.47. The monoisotopic (exact) mass is 874 g/mol. The lowest BCUT2D eigenvalue weighted by Crippen LogP contribution is -2.43. The first-order chi connectivity index (χ1) is 29.1. The first-order valence-electron chi connectivity index (χ1n) is 24.7. The lowest BCUT2D eigenvalue weighted by atomic mass is 10.0. The number of ether oxygens (including phenoxy) is 1. The molecule has 0 heterocycles. The topological polar surface area (TPSA) is 169 Å². The number of phosphoric acid groups is 1. The molecule has 4 N–H and O–H groups in total. The highest BCUT2D eigenvalue weighted by Crippen LogP contribution is 2.43. The normalized spacial score (nSPS) is 13.7. The van der Waals surface area contributed by atoms with Gasteiger partial charge in [0.2, 0.25) is 5.91 Å². The van der Waals surface area contributed by atoms with Crippen molar-refractivity contribution in [1.29, 1.82) is 0 Å². The molecule has 0 saturated heterocycles. The Hall–Kier alpha value is -1.78. The minimum atomic E-state index is -4.76. The maximum Gasteiger partial charge on any atom is 0.472 e. The van der Waals surface area contributed by atoms with Gasteiger partial charge in [-0.25, -0.2) is 9.36 Å². The standard InChI is InChI=1S/C48H92NO10P/c1-3-5-7-9-11-13-15-17-19-21-22-24-25-27-29-31-33-35-37-39-46(51)49-45(48(53)54)43-59-60(55,56)58-42-44(50)41-57-47(52)40-38-36-34-32-30-28-26-23-20-18-16-14-12-10-8-6-4-2/h18,20,44-45,50H,3-17,19,21-43H2,1-2H3,(H,49,51)(H,53,54)(H,55,56)/b20-18-. The van der Waals surface area contributed by atoms with Gasteiger partial charge in [-0.3, -0.25) is 18.6 Å². The van der Waals surface area contributed by atoms with Crippen molar-refractivity contribution in [3.8, 4) is 0 Å². The minimum Gasteiger partial charge on any atom is -0.480 e. The number of amides is 1. The van der Waals surface area contributed by atoms with Crippen LogP contribution in [0.4, 0.5) is 0 Å². The molecular weight excluding hydrogens is 781 g/mol. The number of allylic oxidation sites excluding steroid dienone is 2. The van der Waals surface area contributed by atoms with Gasteiger partial charge in [0.25, 0.3) is 0 Å². The van der Waals surface area contributed by atoms with Crippen molar-refractivity contribution >= 4 is 25.7 Å². The molecule has 12 heteroatoms. The molecular formula is C48H92NO10P. The molecule has 0 aromatic heterocycles. The molecule has 60 heavy (non-hydrogen) atoms. The van der Waals surface area contributed by atoms with E-state index >= 15 is 0 Å². The summed E-state index contributed by atoms with van der Waals surface area (Å²) in [5, 5.41) is 21.9. The van der Waals surface area contributed by atoms with Gasteiger partial charge in [0.1, 0.15) is 12.7 Å². The van der Waals surface area contributed by atoms with E-state index in [0.717, 1.165) is 44.9 Å². The third kappa shape index (κ3) is 42.9. The molecule has 0 rings (SSSR count). The second-order valence-corrected chi connectivity index (χ2v) is 18.5. The predicted octanol–water partition coefficient (Wildman–Crippen LogP) is 13.2. The number of carboxylic acids is 1. The second kappa shape index (κ2) is 43.9. The third-order valence-electron chi connectivity index (χ3n) is 11.1. The van der Waals surface area contributed by atoms with Crippen LogP contribution < -0.4 is 5.32 Å². The van der Waals surface area contributed by atoms with Crippen LogP contribution in [0.5, 0.6) is 0 Å². The van der Waals surface area contributed by atoms with Crippen LogP contribution in [0.3, 0.4) is 0 Å². The molecule has 11 nitrogen and oxygen atoms in total. The summed E-state index contributed by atoms with van der Waals surface area (Å²) >= 11 is 0. The van der Waals surface area contributed by atoms with Gasteiger partial charge in [-0.1, -0.05) is 206 Å². The van der Waals surface area contributed by atoms with Gasteiger partial charge in [-0.05, 0) is 38.5 Å². The Balaban J connectivity index is 3.82. The number of hydrogen-bond acceptors (Lipinski definition) is 8. The molecule has 3 unspecified atom stereocenters. The maximum atomic E-state index is 12.3. The summed E-state index contributed by atoms with van der Waals surface area (Å²) < 4.78 is 26.9. The molecule has 0 spiro atoms. The van der Waals surface area contributed by atoms with Crippen molar-refractivity contribution in [3.63, 3.8) is 0 Å². The van der Waals surface area contributed by atoms with Gasteiger partial charge in [0.15, 0.2) is 6.04 Å². The number of hydrogen-bond donors (Lipinski definition) is 4. The smallest absolute Gasteiger partial charge is 0.472 e. The van der Waals surface area contributed by atoms with Gasteiger partial charge in [-0.15, -0.1) is 0 Å². The number of nitrogens with one attached hydrogen (secondary N) is 1. The fourth-order valence-corrected chi connectivity index (χ4v) is 7.97. The Morgan fingerprint density at radius 1 is 0.517 bits per heavy atom. The van der Waals surface area contributed by atoms with Gasteiger partial charge in [-0.2, -0.15) is 0 Å². The zero-order chi connectivity index (χ0) is 44.2. The number of esters is 1. The molecule has 0 aliphatic heterocycles. The fourth-order valence-electron chi connectivity index (χ4n) is 7.19. The Labute approximate surface area is 367 Å². The summed E-state index contributed by atoms with van der Waals surface area (Å²) in [6.45, 7) is 2.63. The minimum absolute atomic E-state index is 0.151. The molecule has 0 saturated carbocycles. The molecule has 354 valence electrons. The van der Waals surface area contributed by atoms with E-state index in [9.17, 15) is 34.1 Å². The van der Waals surface area contributed by atoms with Crippen LogP contribution >= 0.6 is 7.82 Å². The molecule has 0 aromatic rings. The number of aliphatic hydroxyl groups excluding tert-OH is 1. The lowest BCUT2D eigenvalue weighted by Gasteiger charge is -2.18. The van der Waals surface area contributed by atoms with E-state index < -0.39 is 57.6 Å². The number of carbonyl (C=O) groups is 3. The van der Waals surface area contributed by atoms with Crippen LogP contribution in [-0.2, 0) is 32.7 Å². The molecule has 0 aliphatic carbocycles. The van der Waals surface area contributed by atoms with Crippen molar-refractivity contribution < 1.29 is 47.8 Å². The second-order valence-electron chi connectivity index (χ2n) is 17.0. The summed E-state index contributed by atoms with van der Waals surface area (Å²) in [7, 11) is -4.76. The number of phosphoric ester groups is 1. The van der Waals surface area contributed by atoms with Gasteiger partial charge >= 0.3 is 19.8 Å². The lowest BCUT2D eigenvalue weighted by molar-refractivity contribution is -0.147. The van der Waals surface area contributed by atoms with Crippen molar-refractivity contribution in [2.75, 3.05) is 19.8 Å². The molecule has 0 radical (unpaired) electrons. The summed E-state index contributed by atoms with van der Waals surface area (Å²) in [6, 6.07) is -1.54. The number of carbonyl (C=O) groups excluding carboxylic acids is 2. The largest absolute Gasteiger partial charge is 0.480 e. The molecule has 0 bridgehead atoms. The van der Waals surface area contributed by atoms with Crippen molar-refractivity contribution in [2.24, 2.45) is 0 Å². The quantitative estimate of drug-likeness (QED) is 0.0200.